The van der Waals surface area contributed by atoms with Crippen LogP contribution in [0.4, 0.5) is 0 Å². The van der Waals surface area contributed by atoms with Gasteiger partial charge in [-0.25, -0.2) is 4.98 Å². The Kier molecular flexibility index (Phi) is 5.19. The Morgan fingerprint density at radius 3 is 2.22 bits per heavy atom. The molecule has 1 aromatic heterocycles. The molecule has 3 rings (SSSR count). The average molecular weight is 366 g/mol. The molecule has 2 aromatic carbocycles. The lowest BCUT2D eigenvalue weighted by atomic mass is 9.87. The fourth-order valence-electron chi connectivity index (χ4n) is 2.87. The third-order valence-corrected chi connectivity index (χ3v) is 4.57. The van der Waals surface area contributed by atoms with Gasteiger partial charge in [0.2, 0.25) is 0 Å². The molecule has 0 fully saturated rings. The van der Waals surface area contributed by atoms with Gasteiger partial charge in [0, 0.05) is 5.56 Å². The molecule has 0 amide bonds. The monoisotopic (exact) mass is 366 g/mol. The minimum atomic E-state index is -0.445. The van der Waals surface area contributed by atoms with Crippen LogP contribution >= 0.6 is 0 Å². The quantitative estimate of drug-likeness (QED) is 0.717. The number of ether oxygens (including phenoxy) is 2. The van der Waals surface area contributed by atoms with Gasteiger partial charge in [0.1, 0.15) is 5.82 Å². The first kappa shape index (κ1) is 18.9. The summed E-state index contributed by atoms with van der Waals surface area (Å²) >= 11 is 0. The molecule has 1 heterocycles. The highest BCUT2D eigenvalue weighted by molar-refractivity contribution is 5.55. The van der Waals surface area contributed by atoms with Gasteiger partial charge in [-0.2, -0.15) is 5.10 Å². The summed E-state index contributed by atoms with van der Waals surface area (Å²) in [6, 6.07) is 13.4. The number of benzene rings is 2. The molecule has 0 radical (unpaired) electrons. The lowest BCUT2D eigenvalue weighted by molar-refractivity contribution is 0.354. The fourth-order valence-corrected chi connectivity index (χ4v) is 2.87. The van der Waals surface area contributed by atoms with E-state index in [1.165, 1.54) is 5.56 Å². The van der Waals surface area contributed by atoms with Crippen molar-refractivity contribution in [2.75, 3.05) is 14.2 Å². The first-order valence-electron chi connectivity index (χ1n) is 8.84. The molecule has 142 valence electrons. The Balaban J connectivity index is 1.85. The molecule has 0 unspecified atom stereocenters. The third-order valence-electron chi connectivity index (χ3n) is 4.57. The van der Waals surface area contributed by atoms with Crippen LogP contribution in [0.5, 0.6) is 11.5 Å². The molecule has 6 heteroatoms. The second-order valence-electron chi connectivity index (χ2n) is 7.46. The molecule has 0 aliphatic rings. The summed E-state index contributed by atoms with van der Waals surface area (Å²) in [7, 11) is 3.20. The minimum Gasteiger partial charge on any atom is -0.493 e. The maximum Gasteiger partial charge on any atom is 0.181 e. The number of rotatable bonds is 5. The van der Waals surface area contributed by atoms with Crippen molar-refractivity contribution in [1.29, 1.82) is 0 Å². The second kappa shape index (κ2) is 7.40. The van der Waals surface area contributed by atoms with Gasteiger partial charge in [0.15, 0.2) is 17.3 Å². The van der Waals surface area contributed by atoms with E-state index in [4.69, 9.17) is 15.2 Å². The summed E-state index contributed by atoms with van der Waals surface area (Å²) < 4.78 is 10.6. The maximum atomic E-state index is 6.37. The lowest BCUT2D eigenvalue weighted by Gasteiger charge is -2.18. The van der Waals surface area contributed by atoms with Crippen LogP contribution in [-0.2, 0) is 5.41 Å². The van der Waals surface area contributed by atoms with Crippen molar-refractivity contribution in [1.82, 2.24) is 15.2 Å². The number of hydrogen-bond donors (Lipinski definition) is 2. The van der Waals surface area contributed by atoms with Crippen LogP contribution in [0.15, 0.2) is 42.5 Å². The van der Waals surface area contributed by atoms with Gasteiger partial charge in [-0.3, -0.25) is 5.10 Å². The van der Waals surface area contributed by atoms with Crippen LogP contribution in [-0.4, -0.2) is 29.4 Å². The summed E-state index contributed by atoms with van der Waals surface area (Å²) in [5.41, 5.74) is 9.56. The standard InChI is InChI=1S/C21H26N4O2/c1-21(2,3)15-9-6-13(7-10-15)19-23-20(25-24-19)18(22)14-8-11-16(26-4)17(12-14)27-5/h6-12,18H,22H2,1-5H3,(H,23,24,25)/t18-/m0/s1. The van der Waals surface area contributed by atoms with E-state index in [1.54, 1.807) is 14.2 Å². The van der Waals surface area contributed by atoms with Gasteiger partial charge in [0.25, 0.3) is 0 Å². The number of H-pyrrole nitrogens is 1. The number of aromatic nitrogens is 3. The van der Waals surface area contributed by atoms with Crippen LogP contribution in [0.1, 0.15) is 43.8 Å². The van der Waals surface area contributed by atoms with E-state index in [2.05, 4.69) is 48.1 Å². The Hall–Kier alpha value is -2.86. The minimum absolute atomic E-state index is 0.110. The Bertz CT molecular complexity index is 911. The summed E-state index contributed by atoms with van der Waals surface area (Å²) in [6.07, 6.45) is 0. The number of hydrogen-bond acceptors (Lipinski definition) is 5. The van der Waals surface area contributed by atoms with E-state index in [0.717, 1.165) is 11.1 Å². The summed E-state index contributed by atoms with van der Waals surface area (Å²) in [6.45, 7) is 6.57. The maximum absolute atomic E-state index is 6.37. The molecular weight excluding hydrogens is 340 g/mol. The smallest absolute Gasteiger partial charge is 0.181 e. The first-order chi connectivity index (χ1) is 12.8. The Labute approximate surface area is 159 Å². The molecule has 3 aromatic rings. The third kappa shape index (κ3) is 3.95. The van der Waals surface area contributed by atoms with Gasteiger partial charge in [-0.05, 0) is 28.7 Å². The van der Waals surface area contributed by atoms with E-state index in [0.29, 0.717) is 23.1 Å². The fraction of sp³-hybridized carbons (Fsp3) is 0.333. The van der Waals surface area contributed by atoms with Gasteiger partial charge in [-0.1, -0.05) is 51.1 Å². The highest BCUT2D eigenvalue weighted by Gasteiger charge is 2.18. The van der Waals surface area contributed by atoms with Crippen LogP contribution in [0.2, 0.25) is 0 Å². The van der Waals surface area contributed by atoms with E-state index in [-0.39, 0.29) is 5.41 Å². The second-order valence-corrected chi connectivity index (χ2v) is 7.46. The van der Waals surface area contributed by atoms with Gasteiger partial charge < -0.3 is 15.2 Å². The van der Waals surface area contributed by atoms with Crippen LogP contribution in [0.25, 0.3) is 11.4 Å². The highest BCUT2D eigenvalue weighted by atomic mass is 16.5. The number of nitrogens with two attached hydrogens (primary N) is 1. The highest BCUT2D eigenvalue weighted by Crippen LogP contribution is 2.31. The van der Waals surface area contributed by atoms with Crippen molar-refractivity contribution in [3.8, 4) is 22.9 Å². The van der Waals surface area contributed by atoms with E-state index in [9.17, 15) is 0 Å². The number of aromatic amines is 1. The largest absolute Gasteiger partial charge is 0.493 e. The molecule has 3 N–H and O–H groups in total. The normalized spacial score (nSPS) is 12.7. The predicted octanol–water partition coefficient (Wildman–Crippen LogP) is 3.83. The summed E-state index contributed by atoms with van der Waals surface area (Å²) in [5, 5.41) is 7.28. The molecule has 0 saturated carbocycles. The van der Waals surface area contributed by atoms with Crippen molar-refractivity contribution in [3.63, 3.8) is 0 Å². The number of nitrogens with one attached hydrogen (secondary N) is 1. The molecule has 0 saturated heterocycles. The topological polar surface area (TPSA) is 86.0 Å². The molecule has 1 atom stereocenters. The molecule has 0 aliphatic carbocycles. The zero-order chi connectivity index (χ0) is 19.6. The van der Waals surface area contributed by atoms with Crippen molar-refractivity contribution in [2.24, 2.45) is 5.73 Å². The van der Waals surface area contributed by atoms with Crippen molar-refractivity contribution >= 4 is 0 Å². The molecule has 0 bridgehead atoms. The van der Waals surface area contributed by atoms with Crippen LogP contribution < -0.4 is 15.2 Å². The summed E-state index contributed by atoms with van der Waals surface area (Å²) in [4.78, 5) is 4.58. The molecule has 0 spiro atoms. The first-order valence-corrected chi connectivity index (χ1v) is 8.84. The van der Waals surface area contributed by atoms with Crippen molar-refractivity contribution in [2.45, 2.75) is 32.2 Å². The molecular formula is C21H26N4O2. The van der Waals surface area contributed by atoms with Gasteiger partial charge in [-0.15, -0.1) is 0 Å². The van der Waals surface area contributed by atoms with Gasteiger partial charge >= 0.3 is 0 Å². The van der Waals surface area contributed by atoms with E-state index in [1.807, 2.05) is 30.3 Å². The molecule has 6 nitrogen and oxygen atoms in total. The zero-order valence-electron chi connectivity index (χ0n) is 16.4. The lowest BCUT2D eigenvalue weighted by Crippen LogP contribution is -2.14. The van der Waals surface area contributed by atoms with Crippen molar-refractivity contribution < 1.29 is 9.47 Å². The van der Waals surface area contributed by atoms with E-state index >= 15 is 0 Å². The Morgan fingerprint density at radius 2 is 1.63 bits per heavy atom. The van der Waals surface area contributed by atoms with E-state index < -0.39 is 6.04 Å². The molecule has 27 heavy (non-hydrogen) atoms. The van der Waals surface area contributed by atoms with Crippen LogP contribution in [0, 0.1) is 0 Å². The predicted molar refractivity (Wildman–Crippen MR) is 106 cm³/mol. The number of methoxy groups -OCH3 is 2. The Morgan fingerprint density at radius 1 is 0.963 bits per heavy atom. The summed E-state index contributed by atoms with van der Waals surface area (Å²) in [5.74, 6) is 2.51. The van der Waals surface area contributed by atoms with Crippen molar-refractivity contribution in [3.05, 3.63) is 59.4 Å². The molecule has 0 aliphatic heterocycles. The van der Waals surface area contributed by atoms with Gasteiger partial charge in [0.05, 0.1) is 20.3 Å². The van der Waals surface area contributed by atoms with Crippen LogP contribution in [0.3, 0.4) is 0 Å². The number of nitrogens with zero attached hydrogens (tertiary/aromatic N) is 2. The SMILES string of the molecule is COc1ccc([C@H](N)c2nc(-c3ccc(C(C)(C)C)cc3)n[nH]2)cc1OC. The zero-order valence-corrected chi connectivity index (χ0v) is 16.4. The average Bonchev–Trinajstić information content (AvgIpc) is 3.16.